The molecular formula is C21H24N6O6. The number of nitrogens with zero attached hydrogens (tertiary/aromatic N) is 4. The number of anilines is 1. The van der Waals surface area contributed by atoms with Crippen LogP contribution < -0.4 is 15.4 Å². The predicted molar refractivity (Wildman–Crippen MR) is 116 cm³/mol. The molecular weight excluding hydrogens is 432 g/mol. The van der Waals surface area contributed by atoms with E-state index in [1.54, 1.807) is 36.1 Å². The number of hydrogen-bond acceptors (Lipinski definition) is 9. The molecule has 2 heterocycles. The topological polar surface area (TPSA) is 172 Å². The van der Waals surface area contributed by atoms with E-state index in [1.165, 1.54) is 12.4 Å². The van der Waals surface area contributed by atoms with Crippen LogP contribution in [0.4, 0.5) is 5.82 Å². The number of aromatic nitrogens is 4. The lowest BCUT2D eigenvalue weighted by Crippen LogP contribution is -2.54. The minimum atomic E-state index is -1.22. The van der Waals surface area contributed by atoms with Crippen LogP contribution in [0.1, 0.15) is 29.2 Å². The zero-order valence-corrected chi connectivity index (χ0v) is 17.8. The first-order valence-corrected chi connectivity index (χ1v) is 10.4. The van der Waals surface area contributed by atoms with E-state index in [1.807, 2.05) is 0 Å². The molecule has 0 spiro atoms. The number of aliphatic hydroxyl groups is 2. The van der Waals surface area contributed by atoms with Crippen LogP contribution >= 0.6 is 0 Å². The normalized spacial score (nSPS) is 22.6. The van der Waals surface area contributed by atoms with Crippen molar-refractivity contribution in [2.24, 2.45) is 0 Å². The Morgan fingerprint density at radius 2 is 2.00 bits per heavy atom. The quantitative estimate of drug-likeness (QED) is 0.330. The molecule has 1 fully saturated rings. The number of carbonyl (C=O) groups excluding carboxylic acids is 1. The van der Waals surface area contributed by atoms with E-state index in [4.69, 9.17) is 9.84 Å². The molecule has 1 saturated carbocycles. The van der Waals surface area contributed by atoms with Crippen molar-refractivity contribution < 1.29 is 29.6 Å². The Bertz CT molecular complexity index is 1170. The van der Waals surface area contributed by atoms with Gasteiger partial charge >= 0.3 is 5.97 Å². The predicted octanol–water partition coefficient (Wildman–Crippen LogP) is 0.187. The summed E-state index contributed by atoms with van der Waals surface area (Å²) >= 11 is 0. The van der Waals surface area contributed by atoms with Crippen molar-refractivity contribution in [1.82, 2.24) is 24.8 Å². The van der Waals surface area contributed by atoms with Gasteiger partial charge in [0, 0.05) is 12.6 Å². The Morgan fingerprint density at radius 1 is 1.18 bits per heavy atom. The molecule has 3 aromatic rings. The van der Waals surface area contributed by atoms with Gasteiger partial charge in [0.05, 0.1) is 18.4 Å². The highest BCUT2D eigenvalue weighted by atomic mass is 16.5. The summed E-state index contributed by atoms with van der Waals surface area (Å²) < 4.78 is 6.82. The first-order valence-electron chi connectivity index (χ1n) is 10.4. The Kier molecular flexibility index (Phi) is 6.38. The molecule has 4 rings (SSSR count). The number of nitrogens with one attached hydrogen (secondary N) is 2. The van der Waals surface area contributed by atoms with Crippen molar-refractivity contribution >= 4 is 28.9 Å². The van der Waals surface area contributed by atoms with Crippen molar-refractivity contribution in [1.29, 1.82) is 0 Å². The molecule has 1 aliphatic rings. The lowest BCUT2D eigenvalue weighted by atomic mass is 9.85. The Balaban J connectivity index is 1.45. The molecule has 12 heteroatoms. The molecule has 1 aromatic carbocycles. The van der Waals surface area contributed by atoms with E-state index >= 15 is 0 Å². The fourth-order valence-electron chi connectivity index (χ4n) is 4.02. The number of carboxylic acid groups (broad SMARTS) is 1. The second kappa shape index (κ2) is 9.38. The second-order valence-electron chi connectivity index (χ2n) is 7.71. The van der Waals surface area contributed by atoms with Crippen LogP contribution in [0.15, 0.2) is 36.9 Å². The van der Waals surface area contributed by atoms with Gasteiger partial charge in [0.15, 0.2) is 18.1 Å². The molecule has 4 atom stereocenters. The first-order chi connectivity index (χ1) is 15.9. The van der Waals surface area contributed by atoms with Crippen LogP contribution in [0.3, 0.4) is 0 Å². The molecule has 1 amide bonds. The number of imidazole rings is 1. The summed E-state index contributed by atoms with van der Waals surface area (Å²) in [5.41, 5.74) is 1.34. The summed E-state index contributed by atoms with van der Waals surface area (Å²) in [5, 5.41) is 36.0. The Hall–Kier alpha value is -3.77. The standard InChI is InChI=1S/C21H24N6O6/c1-22-19-16-20(24-9-23-19)27(10-25-16)14-6-5-13(17(30)18(14)31)26-21(32)11-3-2-4-12(7-11)33-8-15(28)29/h2-4,7,9-10,13-14,17-18,30-31H,5-6,8H2,1H3,(H,26,32)(H,28,29)(H,22,23,24)/t13-,14-,17-,18-/m1/s1. The summed E-state index contributed by atoms with van der Waals surface area (Å²) in [4.78, 5) is 36.1. The van der Waals surface area contributed by atoms with Crippen LogP contribution in [-0.2, 0) is 4.79 Å². The van der Waals surface area contributed by atoms with Gasteiger partial charge in [0.1, 0.15) is 29.8 Å². The van der Waals surface area contributed by atoms with Crippen molar-refractivity contribution in [3.05, 3.63) is 42.5 Å². The van der Waals surface area contributed by atoms with Crippen molar-refractivity contribution in [2.45, 2.75) is 37.1 Å². The Morgan fingerprint density at radius 3 is 2.76 bits per heavy atom. The van der Waals surface area contributed by atoms with Crippen molar-refractivity contribution in [3.8, 4) is 5.75 Å². The number of carboxylic acids is 1. The van der Waals surface area contributed by atoms with E-state index in [-0.39, 0.29) is 11.3 Å². The summed E-state index contributed by atoms with van der Waals surface area (Å²) in [6, 6.07) is 4.93. The van der Waals surface area contributed by atoms with Gasteiger partial charge in [0.25, 0.3) is 5.91 Å². The number of ether oxygens (including phenoxy) is 1. The van der Waals surface area contributed by atoms with Crippen LogP contribution in [-0.4, -0.2) is 78.6 Å². The number of amides is 1. The molecule has 33 heavy (non-hydrogen) atoms. The molecule has 5 N–H and O–H groups in total. The lowest BCUT2D eigenvalue weighted by molar-refractivity contribution is -0.139. The third-order valence-corrected chi connectivity index (χ3v) is 5.66. The third-order valence-electron chi connectivity index (χ3n) is 5.66. The third kappa shape index (κ3) is 4.56. The van der Waals surface area contributed by atoms with Gasteiger partial charge in [-0.3, -0.25) is 4.79 Å². The van der Waals surface area contributed by atoms with Crippen molar-refractivity contribution in [2.75, 3.05) is 19.0 Å². The molecule has 0 aliphatic heterocycles. The van der Waals surface area contributed by atoms with E-state index < -0.39 is 42.8 Å². The van der Waals surface area contributed by atoms with Gasteiger partial charge in [-0.25, -0.2) is 19.7 Å². The molecule has 1 aliphatic carbocycles. The minimum absolute atomic E-state index is 0.240. The fourth-order valence-corrected chi connectivity index (χ4v) is 4.02. The van der Waals surface area contributed by atoms with Gasteiger partial charge in [-0.2, -0.15) is 0 Å². The minimum Gasteiger partial charge on any atom is -0.482 e. The Labute approximate surface area is 188 Å². The molecule has 0 radical (unpaired) electrons. The maximum atomic E-state index is 12.7. The second-order valence-corrected chi connectivity index (χ2v) is 7.71. The van der Waals surface area contributed by atoms with Crippen LogP contribution in [0.5, 0.6) is 5.75 Å². The maximum Gasteiger partial charge on any atom is 0.341 e. The number of hydrogen-bond donors (Lipinski definition) is 5. The van der Waals surface area contributed by atoms with E-state index in [9.17, 15) is 19.8 Å². The zero-order chi connectivity index (χ0) is 23.5. The van der Waals surface area contributed by atoms with Crippen molar-refractivity contribution in [3.63, 3.8) is 0 Å². The maximum absolute atomic E-state index is 12.7. The van der Waals surface area contributed by atoms with Gasteiger partial charge < -0.3 is 35.3 Å². The largest absolute Gasteiger partial charge is 0.482 e. The van der Waals surface area contributed by atoms with E-state index in [2.05, 4.69) is 25.6 Å². The van der Waals surface area contributed by atoms with Gasteiger partial charge in [0.2, 0.25) is 0 Å². The molecule has 0 unspecified atom stereocenters. The summed E-state index contributed by atoms with van der Waals surface area (Å²) in [7, 11) is 1.72. The van der Waals surface area contributed by atoms with E-state index in [0.717, 1.165) is 0 Å². The summed E-state index contributed by atoms with van der Waals surface area (Å²) in [5.74, 6) is -0.795. The zero-order valence-electron chi connectivity index (χ0n) is 17.8. The number of aliphatic hydroxyl groups excluding tert-OH is 2. The number of carbonyl (C=O) groups is 2. The van der Waals surface area contributed by atoms with Crippen LogP contribution in [0.2, 0.25) is 0 Å². The average molecular weight is 456 g/mol. The molecule has 0 saturated heterocycles. The van der Waals surface area contributed by atoms with Gasteiger partial charge in [-0.15, -0.1) is 0 Å². The summed E-state index contributed by atoms with van der Waals surface area (Å²) in [6.45, 7) is -0.524. The molecule has 2 aromatic heterocycles. The SMILES string of the molecule is CNc1ncnc2c1ncn2[C@@H]1CC[C@@H](NC(=O)c2cccc(OCC(=O)O)c2)[C@@H](O)[C@@H]1O. The number of aliphatic carboxylic acids is 1. The molecule has 12 nitrogen and oxygen atoms in total. The highest BCUT2D eigenvalue weighted by Crippen LogP contribution is 2.32. The molecule has 0 bridgehead atoms. The van der Waals surface area contributed by atoms with Gasteiger partial charge in [-0.1, -0.05) is 6.07 Å². The highest BCUT2D eigenvalue weighted by molar-refractivity contribution is 5.94. The van der Waals surface area contributed by atoms with Crippen LogP contribution in [0, 0.1) is 0 Å². The van der Waals surface area contributed by atoms with E-state index in [0.29, 0.717) is 29.8 Å². The lowest BCUT2D eigenvalue weighted by Gasteiger charge is -2.38. The van der Waals surface area contributed by atoms with Crippen LogP contribution in [0.25, 0.3) is 11.2 Å². The smallest absolute Gasteiger partial charge is 0.341 e. The number of benzene rings is 1. The average Bonchev–Trinajstić information content (AvgIpc) is 3.25. The van der Waals surface area contributed by atoms with Gasteiger partial charge in [-0.05, 0) is 31.0 Å². The molecule has 174 valence electrons. The summed E-state index contributed by atoms with van der Waals surface area (Å²) in [6.07, 6.45) is 1.45. The fraction of sp³-hybridized carbons (Fsp3) is 0.381. The monoisotopic (exact) mass is 456 g/mol. The highest BCUT2D eigenvalue weighted by Gasteiger charge is 2.39. The number of rotatable bonds is 7. The number of fused-ring (bicyclic) bond motifs is 1. The first kappa shape index (κ1) is 22.4.